The molecular weight excluding hydrogens is 394 g/mol. The molecule has 1 aliphatic rings. The van der Waals surface area contributed by atoms with Gasteiger partial charge in [-0.05, 0) is 59.7 Å². The lowest BCUT2D eigenvalue weighted by molar-refractivity contribution is 0.0732. The minimum atomic E-state index is 0.363. The zero-order valence-corrected chi connectivity index (χ0v) is 17.2. The summed E-state index contributed by atoms with van der Waals surface area (Å²) in [6.07, 6.45) is 9.00. The summed E-state index contributed by atoms with van der Waals surface area (Å²) in [6.45, 7) is 5.25. The smallest absolute Gasteiger partial charge is 0.191 e. The summed E-state index contributed by atoms with van der Waals surface area (Å²) >= 11 is 3.49. The summed E-state index contributed by atoms with van der Waals surface area (Å²) in [5, 5.41) is 6.86. The molecule has 7 heteroatoms. The van der Waals surface area contributed by atoms with E-state index in [0.717, 1.165) is 47.9 Å². The summed E-state index contributed by atoms with van der Waals surface area (Å²) in [5.41, 5.74) is 2.25. The highest BCUT2D eigenvalue weighted by atomic mass is 79.9. The van der Waals surface area contributed by atoms with E-state index in [4.69, 9.17) is 9.73 Å². The number of hydrogen-bond acceptors (Lipinski definition) is 3. The Bertz CT molecular complexity index is 753. The van der Waals surface area contributed by atoms with Crippen molar-refractivity contribution in [2.75, 3.05) is 26.8 Å². The SMILES string of the molecule is CCNC(=NCc1cn2cc(Br)ccc2n1)NCC1(CCOC)CCC1. The second-order valence-corrected chi connectivity index (χ2v) is 7.91. The number of nitrogens with one attached hydrogen (secondary N) is 2. The number of guanidine groups is 1. The topological polar surface area (TPSA) is 63.0 Å². The Kier molecular flexibility index (Phi) is 6.53. The lowest BCUT2D eigenvalue weighted by Gasteiger charge is -2.42. The van der Waals surface area contributed by atoms with Crippen LogP contribution in [-0.4, -0.2) is 42.2 Å². The summed E-state index contributed by atoms with van der Waals surface area (Å²) in [5.74, 6) is 0.856. The van der Waals surface area contributed by atoms with Gasteiger partial charge < -0.3 is 19.8 Å². The molecule has 2 N–H and O–H groups in total. The molecule has 1 aliphatic carbocycles. The van der Waals surface area contributed by atoms with Crippen molar-refractivity contribution in [2.45, 2.75) is 39.2 Å². The van der Waals surface area contributed by atoms with Gasteiger partial charge in [0.15, 0.2) is 5.96 Å². The number of aromatic nitrogens is 2. The molecule has 1 saturated carbocycles. The fourth-order valence-corrected chi connectivity index (χ4v) is 3.73. The summed E-state index contributed by atoms with van der Waals surface area (Å²) in [6, 6.07) is 4.00. The van der Waals surface area contributed by atoms with Crippen molar-refractivity contribution < 1.29 is 4.74 Å². The third-order valence-electron chi connectivity index (χ3n) is 5.09. The highest BCUT2D eigenvalue weighted by Crippen LogP contribution is 2.43. The van der Waals surface area contributed by atoms with Crippen LogP contribution in [0.15, 0.2) is 34.0 Å². The van der Waals surface area contributed by atoms with Crippen molar-refractivity contribution in [3.63, 3.8) is 0 Å². The van der Waals surface area contributed by atoms with Gasteiger partial charge in [0.2, 0.25) is 0 Å². The largest absolute Gasteiger partial charge is 0.385 e. The number of methoxy groups -OCH3 is 1. The molecular formula is C19H28BrN5O. The second-order valence-electron chi connectivity index (χ2n) is 6.99. The summed E-state index contributed by atoms with van der Waals surface area (Å²) in [4.78, 5) is 9.34. The van der Waals surface area contributed by atoms with Gasteiger partial charge in [-0.15, -0.1) is 0 Å². The monoisotopic (exact) mass is 421 g/mol. The minimum absolute atomic E-state index is 0.363. The molecule has 0 unspecified atom stereocenters. The third kappa shape index (κ3) is 4.76. The molecule has 3 rings (SSSR count). The van der Waals surface area contributed by atoms with E-state index in [1.165, 1.54) is 19.3 Å². The second kappa shape index (κ2) is 8.86. The first kappa shape index (κ1) is 19.2. The van der Waals surface area contributed by atoms with Crippen molar-refractivity contribution >= 4 is 27.5 Å². The zero-order valence-electron chi connectivity index (χ0n) is 15.6. The Balaban J connectivity index is 1.62. The molecule has 0 saturated heterocycles. The predicted molar refractivity (Wildman–Crippen MR) is 108 cm³/mol. The molecule has 1 fully saturated rings. The molecule has 0 atom stereocenters. The van der Waals surface area contributed by atoms with Crippen LogP contribution in [0.5, 0.6) is 0 Å². The molecule has 2 aromatic rings. The van der Waals surface area contributed by atoms with Crippen molar-refractivity contribution in [2.24, 2.45) is 10.4 Å². The number of ether oxygens (including phenoxy) is 1. The standard InChI is InChI=1S/C19H28BrN5O/c1-3-21-18(23-14-19(7-4-8-19)9-10-26-2)22-11-16-13-25-12-15(20)5-6-17(25)24-16/h5-6,12-13H,3-4,7-11,14H2,1-2H3,(H2,21,22,23). The van der Waals surface area contributed by atoms with Crippen LogP contribution in [0, 0.1) is 5.41 Å². The van der Waals surface area contributed by atoms with Crippen molar-refractivity contribution in [1.82, 2.24) is 20.0 Å². The van der Waals surface area contributed by atoms with Gasteiger partial charge in [0.1, 0.15) is 5.65 Å². The number of fused-ring (bicyclic) bond motifs is 1. The van der Waals surface area contributed by atoms with Gasteiger partial charge >= 0.3 is 0 Å². The van der Waals surface area contributed by atoms with E-state index in [1.807, 2.05) is 28.9 Å². The average Bonchev–Trinajstić information content (AvgIpc) is 3.00. The molecule has 142 valence electrons. The van der Waals surface area contributed by atoms with Crippen LogP contribution in [0.4, 0.5) is 0 Å². The highest BCUT2D eigenvalue weighted by molar-refractivity contribution is 9.10. The molecule has 6 nitrogen and oxygen atoms in total. The number of aliphatic imine (C=N–C) groups is 1. The fraction of sp³-hybridized carbons (Fsp3) is 0.579. The number of hydrogen-bond donors (Lipinski definition) is 2. The van der Waals surface area contributed by atoms with Crippen LogP contribution in [0.2, 0.25) is 0 Å². The molecule has 26 heavy (non-hydrogen) atoms. The number of pyridine rings is 1. The predicted octanol–water partition coefficient (Wildman–Crippen LogP) is 3.36. The van der Waals surface area contributed by atoms with Crippen LogP contribution < -0.4 is 10.6 Å². The van der Waals surface area contributed by atoms with Gasteiger partial charge in [-0.1, -0.05) is 6.42 Å². The first-order valence-electron chi connectivity index (χ1n) is 9.28. The van der Waals surface area contributed by atoms with Crippen LogP contribution in [0.1, 0.15) is 38.3 Å². The molecule has 2 aromatic heterocycles. The Hall–Kier alpha value is -1.60. The summed E-state index contributed by atoms with van der Waals surface area (Å²) in [7, 11) is 1.78. The number of nitrogens with zero attached hydrogens (tertiary/aromatic N) is 3. The minimum Gasteiger partial charge on any atom is -0.385 e. The van der Waals surface area contributed by atoms with Gasteiger partial charge in [0, 0.05) is 43.7 Å². The van der Waals surface area contributed by atoms with Crippen LogP contribution >= 0.6 is 15.9 Å². The Labute approximate surface area is 163 Å². The zero-order chi connectivity index (χ0) is 18.4. The highest BCUT2D eigenvalue weighted by Gasteiger charge is 2.36. The molecule has 0 radical (unpaired) electrons. The lowest BCUT2D eigenvalue weighted by atomic mass is 9.67. The molecule has 0 amide bonds. The van der Waals surface area contributed by atoms with E-state index in [9.17, 15) is 0 Å². The quantitative estimate of drug-likeness (QED) is 0.506. The van der Waals surface area contributed by atoms with E-state index in [2.05, 4.69) is 38.5 Å². The van der Waals surface area contributed by atoms with Crippen molar-refractivity contribution in [3.05, 3.63) is 34.7 Å². The van der Waals surface area contributed by atoms with Crippen molar-refractivity contribution in [3.8, 4) is 0 Å². The van der Waals surface area contributed by atoms with E-state index >= 15 is 0 Å². The van der Waals surface area contributed by atoms with Crippen molar-refractivity contribution in [1.29, 1.82) is 0 Å². The average molecular weight is 422 g/mol. The van der Waals surface area contributed by atoms with E-state index in [0.29, 0.717) is 12.0 Å². The van der Waals surface area contributed by atoms with Gasteiger partial charge in [0.05, 0.1) is 12.2 Å². The third-order valence-corrected chi connectivity index (χ3v) is 5.56. The number of halogens is 1. The maximum absolute atomic E-state index is 5.28. The Morgan fingerprint density at radius 1 is 1.35 bits per heavy atom. The van der Waals surface area contributed by atoms with E-state index in [1.54, 1.807) is 7.11 Å². The normalized spacial score (nSPS) is 16.5. The maximum atomic E-state index is 5.28. The van der Waals surface area contributed by atoms with E-state index < -0.39 is 0 Å². The summed E-state index contributed by atoms with van der Waals surface area (Å²) < 4.78 is 8.34. The molecule has 0 bridgehead atoms. The van der Waals surface area contributed by atoms with Crippen LogP contribution in [-0.2, 0) is 11.3 Å². The van der Waals surface area contributed by atoms with Gasteiger partial charge in [-0.25, -0.2) is 9.98 Å². The fourth-order valence-electron chi connectivity index (χ4n) is 3.38. The van der Waals surface area contributed by atoms with E-state index in [-0.39, 0.29) is 0 Å². The van der Waals surface area contributed by atoms with Crippen LogP contribution in [0.25, 0.3) is 5.65 Å². The Morgan fingerprint density at radius 3 is 2.88 bits per heavy atom. The molecule has 2 heterocycles. The maximum Gasteiger partial charge on any atom is 0.191 e. The molecule has 0 aliphatic heterocycles. The first-order chi connectivity index (χ1) is 12.6. The Morgan fingerprint density at radius 2 is 2.19 bits per heavy atom. The first-order valence-corrected chi connectivity index (χ1v) is 10.1. The van der Waals surface area contributed by atoms with Gasteiger partial charge in [-0.3, -0.25) is 0 Å². The number of rotatable bonds is 8. The van der Waals surface area contributed by atoms with Gasteiger partial charge in [0.25, 0.3) is 0 Å². The molecule has 0 aromatic carbocycles. The van der Waals surface area contributed by atoms with Crippen LogP contribution in [0.3, 0.4) is 0 Å². The molecule has 0 spiro atoms. The number of imidazole rings is 1. The lowest BCUT2D eigenvalue weighted by Crippen LogP contribution is -2.46. The van der Waals surface area contributed by atoms with Gasteiger partial charge in [-0.2, -0.15) is 0 Å².